The summed E-state index contributed by atoms with van der Waals surface area (Å²) < 4.78 is 0. The molecule has 5 heteroatoms. The monoisotopic (exact) mass is 275 g/mol. The number of amides is 2. The number of halogens is 1. The molecular weight excluding hydrogens is 262 g/mol. The topological polar surface area (TPSA) is 67.1 Å². The number of nitrogen functional groups attached to an aromatic ring is 1. The van der Waals surface area contributed by atoms with Crippen molar-refractivity contribution in [3.63, 3.8) is 0 Å². The Morgan fingerprint density at radius 2 is 1.89 bits per heavy atom. The van der Waals surface area contributed by atoms with Crippen LogP contribution in [0.3, 0.4) is 0 Å². The molecule has 2 amide bonds. The van der Waals surface area contributed by atoms with Gasteiger partial charge in [0.05, 0.1) is 11.4 Å². The predicted molar refractivity (Wildman–Crippen MR) is 78.2 cm³/mol. The quantitative estimate of drug-likeness (QED) is 0.753. The molecule has 0 atom stereocenters. The maximum absolute atomic E-state index is 11.7. The molecule has 4 N–H and O–H groups in total. The first-order chi connectivity index (χ1) is 9.15. The van der Waals surface area contributed by atoms with E-state index in [1.54, 1.807) is 18.2 Å². The van der Waals surface area contributed by atoms with E-state index in [9.17, 15) is 4.79 Å². The van der Waals surface area contributed by atoms with Crippen LogP contribution in [-0.4, -0.2) is 6.03 Å². The van der Waals surface area contributed by atoms with E-state index in [-0.39, 0.29) is 6.03 Å². The van der Waals surface area contributed by atoms with Crippen LogP contribution in [0.15, 0.2) is 48.5 Å². The van der Waals surface area contributed by atoms with Crippen molar-refractivity contribution in [1.82, 2.24) is 5.32 Å². The van der Waals surface area contributed by atoms with E-state index in [1.165, 1.54) is 0 Å². The van der Waals surface area contributed by atoms with Gasteiger partial charge in [-0.1, -0.05) is 41.9 Å². The van der Waals surface area contributed by atoms with Crippen LogP contribution in [0.5, 0.6) is 0 Å². The highest BCUT2D eigenvalue weighted by molar-refractivity contribution is 6.31. The van der Waals surface area contributed by atoms with Crippen molar-refractivity contribution in [1.29, 1.82) is 0 Å². The Morgan fingerprint density at radius 1 is 1.16 bits per heavy atom. The van der Waals surface area contributed by atoms with Gasteiger partial charge in [0, 0.05) is 11.6 Å². The summed E-state index contributed by atoms with van der Waals surface area (Å²) in [6.45, 7) is 0.452. The Balaban J connectivity index is 1.93. The summed E-state index contributed by atoms with van der Waals surface area (Å²) in [5.74, 6) is 0. The van der Waals surface area contributed by atoms with Crippen molar-refractivity contribution in [3.8, 4) is 0 Å². The van der Waals surface area contributed by atoms with E-state index < -0.39 is 0 Å². The summed E-state index contributed by atoms with van der Waals surface area (Å²) in [5.41, 5.74) is 7.74. The Kier molecular flexibility index (Phi) is 4.26. The number of anilines is 2. The van der Waals surface area contributed by atoms with Crippen LogP contribution in [0, 0.1) is 0 Å². The minimum absolute atomic E-state index is 0.321. The van der Waals surface area contributed by atoms with E-state index in [2.05, 4.69) is 10.6 Å². The van der Waals surface area contributed by atoms with Gasteiger partial charge < -0.3 is 16.4 Å². The van der Waals surface area contributed by atoms with E-state index in [0.29, 0.717) is 22.9 Å². The number of hydrogen-bond donors (Lipinski definition) is 3. The molecule has 0 aliphatic rings. The molecule has 0 fully saturated rings. The van der Waals surface area contributed by atoms with Gasteiger partial charge in [-0.2, -0.15) is 0 Å². The second-order valence-electron chi connectivity index (χ2n) is 4.02. The molecule has 98 valence electrons. The van der Waals surface area contributed by atoms with Gasteiger partial charge in [-0.3, -0.25) is 0 Å². The molecule has 2 aromatic carbocycles. The zero-order valence-electron chi connectivity index (χ0n) is 10.2. The van der Waals surface area contributed by atoms with Crippen molar-refractivity contribution in [2.75, 3.05) is 11.1 Å². The van der Waals surface area contributed by atoms with Crippen molar-refractivity contribution in [2.45, 2.75) is 6.54 Å². The number of benzene rings is 2. The molecule has 4 nitrogen and oxygen atoms in total. The fraction of sp³-hybridized carbons (Fsp3) is 0.0714. The maximum atomic E-state index is 11.7. The first-order valence-electron chi connectivity index (χ1n) is 5.79. The average molecular weight is 276 g/mol. The van der Waals surface area contributed by atoms with Crippen molar-refractivity contribution in [3.05, 3.63) is 59.1 Å². The van der Waals surface area contributed by atoms with E-state index in [0.717, 1.165) is 5.56 Å². The molecule has 0 spiro atoms. The molecule has 0 aliphatic carbocycles. The molecule has 0 unspecified atom stereocenters. The fourth-order valence-electron chi connectivity index (χ4n) is 1.58. The minimum Gasteiger partial charge on any atom is -0.397 e. The molecule has 0 saturated carbocycles. The van der Waals surface area contributed by atoms with Crippen LogP contribution >= 0.6 is 11.6 Å². The Labute approximate surface area is 116 Å². The minimum atomic E-state index is -0.321. The number of carbonyl (C=O) groups excluding carboxylic acids is 1. The number of nitrogens with two attached hydrogens (primary N) is 1. The van der Waals surface area contributed by atoms with Crippen LogP contribution in [-0.2, 0) is 6.54 Å². The highest BCUT2D eigenvalue weighted by Gasteiger charge is 2.05. The highest BCUT2D eigenvalue weighted by Crippen LogP contribution is 2.22. The van der Waals surface area contributed by atoms with Crippen LogP contribution < -0.4 is 16.4 Å². The van der Waals surface area contributed by atoms with Crippen LogP contribution in [0.25, 0.3) is 0 Å². The Bertz CT molecular complexity index is 572. The molecule has 0 radical (unpaired) electrons. The zero-order valence-corrected chi connectivity index (χ0v) is 10.9. The third kappa shape index (κ3) is 3.89. The molecule has 0 aromatic heterocycles. The number of hydrogen-bond acceptors (Lipinski definition) is 2. The standard InChI is InChI=1S/C14H14ClN3O/c15-11-6-7-12(16)13(8-11)18-14(19)17-9-10-4-2-1-3-5-10/h1-8H,9,16H2,(H2,17,18,19). The molecule has 0 bridgehead atoms. The summed E-state index contributed by atoms with van der Waals surface area (Å²) in [4.78, 5) is 11.7. The van der Waals surface area contributed by atoms with Crippen LogP contribution in [0.2, 0.25) is 5.02 Å². The smallest absolute Gasteiger partial charge is 0.319 e. The zero-order chi connectivity index (χ0) is 13.7. The van der Waals surface area contributed by atoms with Gasteiger partial charge in [0.2, 0.25) is 0 Å². The highest BCUT2D eigenvalue weighted by atomic mass is 35.5. The summed E-state index contributed by atoms with van der Waals surface area (Å²) in [7, 11) is 0. The molecule has 19 heavy (non-hydrogen) atoms. The molecule has 0 heterocycles. The van der Waals surface area contributed by atoms with Gasteiger partial charge in [-0.15, -0.1) is 0 Å². The molecule has 2 rings (SSSR count). The first kappa shape index (κ1) is 13.2. The maximum Gasteiger partial charge on any atom is 0.319 e. The summed E-state index contributed by atoms with van der Waals surface area (Å²) in [6, 6.07) is 14.3. The summed E-state index contributed by atoms with van der Waals surface area (Å²) >= 11 is 5.85. The van der Waals surface area contributed by atoms with E-state index in [1.807, 2.05) is 30.3 Å². The van der Waals surface area contributed by atoms with Crippen LogP contribution in [0.1, 0.15) is 5.56 Å². The number of rotatable bonds is 3. The second kappa shape index (κ2) is 6.11. The van der Waals surface area contributed by atoms with Crippen molar-refractivity contribution < 1.29 is 4.79 Å². The number of nitrogens with one attached hydrogen (secondary N) is 2. The average Bonchev–Trinajstić information content (AvgIpc) is 2.42. The predicted octanol–water partition coefficient (Wildman–Crippen LogP) is 3.24. The Hall–Kier alpha value is -2.20. The van der Waals surface area contributed by atoms with Crippen LogP contribution in [0.4, 0.5) is 16.2 Å². The van der Waals surface area contributed by atoms with Crippen molar-refractivity contribution >= 4 is 29.0 Å². The summed E-state index contributed by atoms with van der Waals surface area (Å²) in [5, 5.41) is 5.93. The first-order valence-corrected chi connectivity index (χ1v) is 6.17. The van der Waals surface area contributed by atoms with Crippen molar-refractivity contribution in [2.24, 2.45) is 0 Å². The third-order valence-corrected chi connectivity index (χ3v) is 2.79. The van der Waals surface area contributed by atoms with E-state index >= 15 is 0 Å². The fourth-order valence-corrected chi connectivity index (χ4v) is 1.75. The lowest BCUT2D eigenvalue weighted by molar-refractivity contribution is 0.252. The largest absolute Gasteiger partial charge is 0.397 e. The molecule has 0 aliphatic heterocycles. The third-order valence-electron chi connectivity index (χ3n) is 2.56. The second-order valence-corrected chi connectivity index (χ2v) is 4.46. The number of urea groups is 1. The molecular formula is C14H14ClN3O. The lowest BCUT2D eigenvalue weighted by Crippen LogP contribution is -2.28. The van der Waals surface area contributed by atoms with Gasteiger partial charge in [0.1, 0.15) is 0 Å². The Morgan fingerprint density at radius 3 is 2.63 bits per heavy atom. The SMILES string of the molecule is Nc1ccc(Cl)cc1NC(=O)NCc1ccccc1. The number of carbonyl (C=O) groups is 1. The molecule has 2 aromatic rings. The molecule has 0 saturated heterocycles. The van der Waals surface area contributed by atoms with Gasteiger partial charge in [0.25, 0.3) is 0 Å². The van der Waals surface area contributed by atoms with E-state index in [4.69, 9.17) is 17.3 Å². The summed E-state index contributed by atoms with van der Waals surface area (Å²) in [6.07, 6.45) is 0. The van der Waals surface area contributed by atoms with Gasteiger partial charge in [-0.25, -0.2) is 4.79 Å². The van der Waals surface area contributed by atoms with Gasteiger partial charge >= 0.3 is 6.03 Å². The van der Waals surface area contributed by atoms with Gasteiger partial charge in [-0.05, 0) is 23.8 Å². The normalized spacial score (nSPS) is 9.95. The lowest BCUT2D eigenvalue weighted by atomic mass is 10.2. The van der Waals surface area contributed by atoms with Gasteiger partial charge in [0.15, 0.2) is 0 Å². The lowest BCUT2D eigenvalue weighted by Gasteiger charge is -2.10.